The van der Waals surface area contributed by atoms with Crippen molar-refractivity contribution in [2.45, 2.75) is 6.42 Å². The second-order valence-electron chi connectivity index (χ2n) is 4.91. The highest BCUT2D eigenvalue weighted by Gasteiger charge is 2.30. The van der Waals surface area contributed by atoms with Gasteiger partial charge in [0.1, 0.15) is 0 Å². The fourth-order valence-electron chi connectivity index (χ4n) is 3.14. The number of fused-ring (bicyclic) bond motifs is 3. The largest absolute Gasteiger partial charge is 0.492 e. The monoisotopic (exact) mass is 282 g/mol. The summed E-state index contributed by atoms with van der Waals surface area (Å²) in [6, 6.07) is 8.36. The third-order valence-corrected chi connectivity index (χ3v) is 3.97. The zero-order valence-electron chi connectivity index (χ0n) is 12.5. The molecule has 0 fully saturated rings. The molecule has 0 amide bonds. The minimum Gasteiger partial charge on any atom is -0.492 e. The molecule has 0 spiro atoms. The van der Waals surface area contributed by atoms with Crippen LogP contribution in [0.25, 0.3) is 17.2 Å². The molecule has 2 aromatic rings. The Kier molecular flexibility index (Phi) is 3.34. The SMILES string of the molecule is C=Cc1c(OC)c(OC)c(OC)c2c1-c1ccccc1C2. The van der Waals surface area contributed by atoms with E-state index in [-0.39, 0.29) is 0 Å². The van der Waals surface area contributed by atoms with Gasteiger partial charge in [-0.05, 0) is 11.1 Å². The molecular weight excluding hydrogens is 264 g/mol. The van der Waals surface area contributed by atoms with Crippen LogP contribution in [0.1, 0.15) is 16.7 Å². The molecule has 0 bridgehead atoms. The molecule has 21 heavy (non-hydrogen) atoms. The van der Waals surface area contributed by atoms with Crippen molar-refractivity contribution >= 4 is 6.08 Å². The first-order valence-corrected chi connectivity index (χ1v) is 6.82. The Bertz CT molecular complexity index is 717. The van der Waals surface area contributed by atoms with Gasteiger partial charge in [-0.1, -0.05) is 36.9 Å². The predicted molar refractivity (Wildman–Crippen MR) is 84.4 cm³/mol. The summed E-state index contributed by atoms with van der Waals surface area (Å²) in [6.45, 7) is 3.94. The third-order valence-electron chi connectivity index (χ3n) is 3.97. The van der Waals surface area contributed by atoms with E-state index in [0.29, 0.717) is 11.5 Å². The number of methoxy groups -OCH3 is 3. The van der Waals surface area contributed by atoms with Crippen LogP contribution in [0.15, 0.2) is 30.8 Å². The number of benzene rings is 2. The van der Waals surface area contributed by atoms with Crippen molar-refractivity contribution in [1.29, 1.82) is 0 Å². The molecule has 0 heterocycles. The molecule has 0 radical (unpaired) electrons. The topological polar surface area (TPSA) is 27.7 Å². The molecule has 0 saturated heterocycles. The normalized spacial score (nSPS) is 11.6. The summed E-state index contributed by atoms with van der Waals surface area (Å²) in [6.07, 6.45) is 2.65. The fraction of sp³-hybridized carbons (Fsp3) is 0.222. The van der Waals surface area contributed by atoms with Crippen molar-refractivity contribution in [1.82, 2.24) is 0 Å². The minimum absolute atomic E-state index is 0.626. The molecule has 0 aromatic heterocycles. The van der Waals surface area contributed by atoms with Gasteiger partial charge in [-0.2, -0.15) is 0 Å². The van der Waals surface area contributed by atoms with Gasteiger partial charge in [0.15, 0.2) is 11.5 Å². The summed E-state index contributed by atoms with van der Waals surface area (Å²) in [5.74, 6) is 2.03. The van der Waals surface area contributed by atoms with Crippen LogP contribution in [0.3, 0.4) is 0 Å². The van der Waals surface area contributed by atoms with Crippen LogP contribution >= 0.6 is 0 Å². The molecule has 0 N–H and O–H groups in total. The summed E-state index contributed by atoms with van der Waals surface area (Å²) >= 11 is 0. The lowest BCUT2D eigenvalue weighted by Crippen LogP contribution is -2.01. The van der Waals surface area contributed by atoms with Crippen molar-refractivity contribution < 1.29 is 14.2 Å². The summed E-state index contributed by atoms with van der Waals surface area (Å²) in [7, 11) is 4.92. The van der Waals surface area contributed by atoms with Gasteiger partial charge in [0.05, 0.1) is 21.3 Å². The van der Waals surface area contributed by atoms with E-state index < -0.39 is 0 Å². The van der Waals surface area contributed by atoms with Gasteiger partial charge < -0.3 is 14.2 Å². The number of hydrogen-bond acceptors (Lipinski definition) is 3. The lowest BCUT2D eigenvalue weighted by Gasteiger charge is -2.19. The minimum atomic E-state index is 0.626. The van der Waals surface area contributed by atoms with Crippen LogP contribution in [0.2, 0.25) is 0 Å². The van der Waals surface area contributed by atoms with Crippen molar-refractivity contribution in [3.8, 4) is 28.4 Å². The van der Waals surface area contributed by atoms with E-state index in [1.165, 1.54) is 11.1 Å². The summed E-state index contributed by atoms with van der Waals surface area (Å²) < 4.78 is 16.7. The maximum Gasteiger partial charge on any atom is 0.204 e. The van der Waals surface area contributed by atoms with Gasteiger partial charge in [0, 0.05) is 23.1 Å². The van der Waals surface area contributed by atoms with Gasteiger partial charge in [-0.25, -0.2) is 0 Å². The first kappa shape index (κ1) is 13.6. The second-order valence-corrected chi connectivity index (χ2v) is 4.91. The van der Waals surface area contributed by atoms with E-state index in [2.05, 4.69) is 24.8 Å². The number of rotatable bonds is 4. The molecule has 1 aliphatic rings. The zero-order valence-corrected chi connectivity index (χ0v) is 12.5. The lowest BCUT2D eigenvalue weighted by molar-refractivity contribution is 0.322. The Labute approximate surface area is 124 Å². The third kappa shape index (κ3) is 1.81. The maximum atomic E-state index is 5.61. The number of ether oxygens (including phenoxy) is 3. The van der Waals surface area contributed by atoms with Crippen LogP contribution in [0.4, 0.5) is 0 Å². The Morgan fingerprint density at radius 3 is 2.24 bits per heavy atom. The van der Waals surface area contributed by atoms with Crippen molar-refractivity contribution in [2.75, 3.05) is 21.3 Å². The van der Waals surface area contributed by atoms with E-state index in [4.69, 9.17) is 14.2 Å². The molecule has 0 atom stereocenters. The molecule has 3 heteroatoms. The smallest absolute Gasteiger partial charge is 0.204 e. The fourth-order valence-corrected chi connectivity index (χ4v) is 3.14. The van der Waals surface area contributed by atoms with Crippen LogP contribution in [-0.4, -0.2) is 21.3 Å². The first-order chi connectivity index (χ1) is 10.3. The van der Waals surface area contributed by atoms with Crippen LogP contribution in [0, 0.1) is 0 Å². The van der Waals surface area contributed by atoms with Gasteiger partial charge in [0.25, 0.3) is 0 Å². The highest BCUT2D eigenvalue weighted by molar-refractivity contribution is 5.91. The number of hydrogen-bond donors (Lipinski definition) is 0. The molecule has 108 valence electrons. The second kappa shape index (κ2) is 5.17. The predicted octanol–water partition coefficient (Wildman–Crippen LogP) is 3.93. The van der Waals surface area contributed by atoms with E-state index in [1.54, 1.807) is 21.3 Å². The van der Waals surface area contributed by atoms with Crippen LogP contribution in [0.5, 0.6) is 17.2 Å². The highest BCUT2D eigenvalue weighted by Crippen LogP contribution is 2.53. The van der Waals surface area contributed by atoms with E-state index in [9.17, 15) is 0 Å². The summed E-state index contributed by atoms with van der Waals surface area (Å²) in [5.41, 5.74) is 5.71. The molecule has 3 nitrogen and oxygen atoms in total. The summed E-state index contributed by atoms with van der Waals surface area (Å²) in [5, 5.41) is 0. The average molecular weight is 282 g/mol. The van der Waals surface area contributed by atoms with Crippen molar-refractivity contribution in [2.24, 2.45) is 0 Å². The van der Waals surface area contributed by atoms with Crippen molar-refractivity contribution in [3.05, 3.63) is 47.5 Å². The van der Waals surface area contributed by atoms with Gasteiger partial charge in [-0.3, -0.25) is 0 Å². The van der Waals surface area contributed by atoms with Gasteiger partial charge in [0.2, 0.25) is 5.75 Å². The van der Waals surface area contributed by atoms with Gasteiger partial charge >= 0.3 is 0 Å². The Hall–Kier alpha value is -2.42. The molecule has 0 aliphatic heterocycles. The molecule has 2 aromatic carbocycles. The molecule has 1 aliphatic carbocycles. The van der Waals surface area contributed by atoms with Gasteiger partial charge in [-0.15, -0.1) is 0 Å². The molecular formula is C18H18O3. The highest BCUT2D eigenvalue weighted by atomic mass is 16.5. The Morgan fingerprint density at radius 2 is 1.62 bits per heavy atom. The quantitative estimate of drug-likeness (QED) is 0.725. The molecule has 3 rings (SSSR count). The molecule has 0 unspecified atom stereocenters. The van der Waals surface area contributed by atoms with E-state index >= 15 is 0 Å². The standard InChI is InChI=1S/C18H18O3/c1-5-12-15-13-9-7-6-8-11(13)10-14(15)17(20-3)18(21-4)16(12)19-2/h5-9H,1,10H2,2-4H3. The lowest BCUT2D eigenvalue weighted by atomic mass is 9.97. The van der Waals surface area contributed by atoms with E-state index in [0.717, 1.165) is 28.9 Å². The zero-order chi connectivity index (χ0) is 15.0. The maximum absolute atomic E-state index is 5.61. The van der Waals surface area contributed by atoms with Crippen LogP contribution in [-0.2, 0) is 6.42 Å². The van der Waals surface area contributed by atoms with E-state index in [1.807, 2.05) is 12.1 Å². The van der Waals surface area contributed by atoms with Crippen LogP contribution < -0.4 is 14.2 Å². The Morgan fingerprint density at radius 1 is 0.952 bits per heavy atom. The molecule has 0 saturated carbocycles. The summed E-state index contributed by atoms with van der Waals surface area (Å²) in [4.78, 5) is 0. The Balaban J connectivity index is 2.43. The van der Waals surface area contributed by atoms with Crippen molar-refractivity contribution in [3.63, 3.8) is 0 Å². The first-order valence-electron chi connectivity index (χ1n) is 6.82. The average Bonchev–Trinajstić information content (AvgIpc) is 2.91.